The predicted octanol–water partition coefficient (Wildman–Crippen LogP) is 2.20. The summed E-state index contributed by atoms with van der Waals surface area (Å²) in [7, 11) is 2.56. The van der Waals surface area contributed by atoms with Crippen LogP contribution < -0.4 is 0 Å². The zero-order chi connectivity index (χ0) is 9.14. The smallest absolute Gasteiger partial charge is 0.387 e. The summed E-state index contributed by atoms with van der Waals surface area (Å²) >= 11 is 0. The molecule has 0 bridgehead atoms. The minimum absolute atomic E-state index is 0.694. The molecule has 0 aromatic heterocycles. The van der Waals surface area contributed by atoms with E-state index >= 15 is 0 Å². The molecule has 1 rings (SSSR count). The Morgan fingerprint density at radius 1 is 1.08 bits per heavy atom. The Bertz CT molecular complexity index is 136. The van der Waals surface area contributed by atoms with Crippen LogP contribution in [0.15, 0.2) is 0 Å². The Kier molecular flexibility index (Phi) is 3.74. The Morgan fingerprint density at radius 2 is 1.67 bits per heavy atom. The molecule has 3 atom stereocenters. The van der Waals surface area contributed by atoms with Gasteiger partial charge in [0.1, 0.15) is 0 Å². The van der Waals surface area contributed by atoms with Crippen LogP contribution in [0, 0.1) is 11.8 Å². The Morgan fingerprint density at radius 3 is 2.00 bits per heavy atom. The molecule has 0 aliphatic heterocycles. The van der Waals surface area contributed by atoms with E-state index in [1.54, 1.807) is 14.2 Å². The maximum atomic E-state index is 5.38. The molecule has 0 aromatic rings. The van der Waals surface area contributed by atoms with Crippen molar-refractivity contribution in [3.63, 3.8) is 0 Å². The van der Waals surface area contributed by atoms with Gasteiger partial charge >= 0.3 is 9.28 Å². The summed E-state index contributed by atoms with van der Waals surface area (Å²) in [5, 5.41) is 0. The summed E-state index contributed by atoms with van der Waals surface area (Å²) in [6.07, 6.45) is 2.63. The third-order valence-corrected chi connectivity index (χ3v) is 5.04. The fourth-order valence-electron chi connectivity index (χ4n) is 2.28. The van der Waals surface area contributed by atoms with Gasteiger partial charge in [0.15, 0.2) is 0 Å². The van der Waals surface area contributed by atoms with E-state index in [9.17, 15) is 0 Å². The highest BCUT2D eigenvalue weighted by molar-refractivity contribution is 6.46. The highest BCUT2D eigenvalue weighted by Crippen LogP contribution is 2.42. The van der Waals surface area contributed by atoms with Crippen molar-refractivity contribution in [3.05, 3.63) is 0 Å². The summed E-state index contributed by atoms with van der Waals surface area (Å²) in [5.74, 6) is 1.64. The van der Waals surface area contributed by atoms with Gasteiger partial charge in [-0.3, -0.25) is 0 Å². The zero-order valence-electron chi connectivity index (χ0n) is 8.46. The molecule has 1 aliphatic carbocycles. The molecule has 0 aromatic carbocycles. The van der Waals surface area contributed by atoms with Gasteiger partial charge in [-0.15, -0.1) is 0 Å². The molecule has 1 radical (unpaired) electrons. The maximum absolute atomic E-state index is 5.38. The van der Waals surface area contributed by atoms with E-state index in [0.29, 0.717) is 5.54 Å². The third-order valence-electron chi connectivity index (χ3n) is 2.82. The quantitative estimate of drug-likeness (QED) is 0.631. The van der Waals surface area contributed by atoms with Crippen molar-refractivity contribution in [2.24, 2.45) is 11.8 Å². The largest absolute Gasteiger partial charge is 0.397 e. The van der Waals surface area contributed by atoms with Crippen LogP contribution in [-0.4, -0.2) is 23.5 Å². The number of hydrogen-bond donors (Lipinski definition) is 0. The molecule has 0 amide bonds. The van der Waals surface area contributed by atoms with Crippen molar-refractivity contribution in [3.8, 4) is 0 Å². The lowest BCUT2D eigenvalue weighted by atomic mass is 10.1. The van der Waals surface area contributed by atoms with E-state index in [-0.39, 0.29) is 0 Å². The van der Waals surface area contributed by atoms with Gasteiger partial charge in [0.25, 0.3) is 0 Å². The van der Waals surface area contributed by atoms with Crippen molar-refractivity contribution in [2.75, 3.05) is 14.2 Å². The first-order chi connectivity index (χ1) is 5.69. The minimum Gasteiger partial charge on any atom is -0.397 e. The van der Waals surface area contributed by atoms with Gasteiger partial charge in [0.2, 0.25) is 0 Å². The summed E-state index contributed by atoms with van der Waals surface area (Å²) in [4.78, 5) is 0. The minimum atomic E-state index is -0.982. The Balaban J connectivity index is 2.50. The van der Waals surface area contributed by atoms with Crippen molar-refractivity contribution in [1.82, 2.24) is 0 Å². The van der Waals surface area contributed by atoms with Crippen molar-refractivity contribution in [2.45, 2.75) is 32.2 Å². The van der Waals surface area contributed by atoms with E-state index in [0.717, 1.165) is 11.8 Å². The summed E-state index contributed by atoms with van der Waals surface area (Å²) in [6.45, 7) is 4.64. The molecular weight excluding hydrogens is 168 g/mol. The van der Waals surface area contributed by atoms with Gasteiger partial charge in [0, 0.05) is 19.8 Å². The lowest BCUT2D eigenvalue weighted by Gasteiger charge is -2.19. The van der Waals surface area contributed by atoms with Crippen LogP contribution in [0.2, 0.25) is 5.54 Å². The molecule has 0 N–H and O–H groups in total. The molecule has 1 saturated carbocycles. The van der Waals surface area contributed by atoms with Crippen LogP contribution >= 0.6 is 0 Å². The standard InChI is InChI=1S/C9H19O2Si/c1-7-5-8(2)9(6-7)12(10-3)11-4/h7-9H,5-6H2,1-4H3. The monoisotopic (exact) mass is 187 g/mol. The van der Waals surface area contributed by atoms with E-state index in [2.05, 4.69) is 13.8 Å². The topological polar surface area (TPSA) is 18.5 Å². The van der Waals surface area contributed by atoms with Crippen LogP contribution in [0.1, 0.15) is 26.7 Å². The predicted molar refractivity (Wildman–Crippen MR) is 51.1 cm³/mol. The molecule has 71 valence electrons. The molecule has 2 nitrogen and oxygen atoms in total. The van der Waals surface area contributed by atoms with E-state index in [1.165, 1.54) is 12.8 Å². The first-order valence-electron chi connectivity index (χ1n) is 4.63. The van der Waals surface area contributed by atoms with Crippen molar-refractivity contribution < 1.29 is 8.85 Å². The molecule has 0 heterocycles. The summed E-state index contributed by atoms with van der Waals surface area (Å²) in [5.41, 5.74) is 0.694. The molecule has 0 saturated heterocycles. The van der Waals surface area contributed by atoms with Crippen LogP contribution in [0.3, 0.4) is 0 Å². The van der Waals surface area contributed by atoms with E-state index in [4.69, 9.17) is 8.85 Å². The molecule has 1 aliphatic rings. The third kappa shape index (κ3) is 2.09. The van der Waals surface area contributed by atoms with Gasteiger partial charge < -0.3 is 8.85 Å². The van der Waals surface area contributed by atoms with E-state index in [1.807, 2.05) is 0 Å². The number of rotatable bonds is 3. The van der Waals surface area contributed by atoms with E-state index < -0.39 is 9.28 Å². The van der Waals surface area contributed by atoms with Gasteiger partial charge in [-0.2, -0.15) is 0 Å². The van der Waals surface area contributed by atoms with Crippen LogP contribution in [0.25, 0.3) is 0 Å². The molecular formula is C9H19O2Si. The molecule has 1 fully saturated rings. The highest BCUT2D eigenvalue weighted by atomic mass is 28.3. The lowest BCUT2D eigenvalue weighted by molar-refractivity contribution is 0.257. The Labute approximate surface area is 77.1 Å². The van der Waals surface area contributed by atoms with Crippen LogP contribution in [0.4, 0.5) is 0 Å². The van der Waals surface area contributed by atoms with Gasteiger partial charge in [0.05, 0.1) is 0 Å². The number of hydrogen-bond acceptors (Lipinski definition) is 2. The fraction of sp³-hybridized carbons (Fsp3) is 1.00. The molecule has 3 heteroatoms. The first-order valence-corrected chi connectivity index (χ1v) is 6.03. The lowest BCUT2D eigenvalue weighted by Crippen LogP contribution is -2.27. The zero-order valence-corrected chi connectivity index (χ0v) is 9.46. The highest BCUT2D eigenvalue weighted by Gasteiger charge is 2.37. The second-order valence-electron chi connectivity index (χ2n) is 3.89. The second kappa shape index (κ2) is 4.39. The van der Waals surface area contributed by atoms with Gasteiger partial charge in [-0.05, 0) is 24.7 Å². The first kappa shape index (κ1) is 10.2. The van der Waals surface area contributed by atoms with Crippen LogP contribution in [-0.2, 0) is 8.85 Å². The molecule has 3 unspecified atom stereocenters. The van der Waals surface area contributed by atoms with Gasteiger partial charge in [-0.25, -0.2) is 0 Å². The average molecular weight is 187 g/mol. The van der Waals surface area contributed by atoms with Crippen molar-refractivity contribution in [1.29, 1.82) is 0 Å². The van der Waals surface area contributed by atoms with Gasteiger partial charge in [-0.1, -0.05) is 13.8 Å². The van der Waals surface area contributed by atoms with Crippen LogP contribution in [0.5, 0.6) is 0 Å². The van der Waals surface area contributed by atoms with Crippen molar-refractivity contribution >= 4 is 9.28 Å². The summed E-state index contributed by atoms with van der Waals surface area (Å²) in [6, 6.07) is 0. The maximum Gasteiger partial charge on any atom is 0.387 e. The normalized spacial score (nSPS) is 36.2. The summed E-state index contributed by atoms with van der Waals surface area (Å²) < 4.78 is 10.8. The average Bonchev–Trinajstić information content (AvgIpc) is 2.34. The second-order valence-corrected chi connectivity index (χ2v) is 6.08. The molecule has 12 heavy (non-hydrogen) atoms. The fourth-order valence-corrected chi connectivity index (χ4v) is 4.24. The molecule has 0 spiro atoms. The SMILES string of the molecule is CO[Si](OC)C1CC(C)CC1C. The Hall–Kier alpha value is 0.137.